The third kappa shape index (κ3) is 3.28. The Morgan fingerprint density at radius 2 is 2.44 bits per heavy atom. The molecule has 0 aliphatic heterocycles. The van der Waals surface area contributed by atoms with E-state index in [1.165, 1.54) is 12.3 Å². The third-order valence-electron chi connectivity index (χ3n) is 2.08. The summed E-state index contributed by atoms with van der Waals surface area (Å²) in [6.45, 7) is 2.75. The lowest BCUT2D eigenvalue weighted by molar-refractivity contribution is 0.0697. The quantitative estimate of drug-likeness (QED) is 0.852. The van der Waals surface area contributed by atoms with E-state index in [1.54, 1.807) is 11.8 Å². The summed E-state index contributed by atoms with van der Waals surface area (Å²) < 4.78 is 0. The number of hydrogen-bond donors (Lipinski definition) is 2. The number of thioether (sulfide) groups is 1. The van der Waals surface area contributed by atoms with Crippen molar-refractivity contribution in [1.29, 1.82) is 0 Å². The first-order valence-corrected chi connectivity index (χ1v) is 6.37. The summed E-state index contributed by atoms with van der Waals surface area (Å²) in [6, 6.07) is 1.38. The van der Waals surface area contributed by atoms with Crippen LogP contribution in [-0.4, -0.2) is 34.1 Å². The van der Waals surface area contributed by atoms with Crippen molar-refractivity contribution in [3.63, 3.8) is 0 Å². The van der Waals surface area contributed by atoms with E-state index in [1.807, 2.05) is 6.26 Å². The topological polar surface area (TPSA) is 62.2 Å². The maximum Gasteiger partial charge on any atom is 0.337 e. The first-order valence-electron chi connectivity index (χ1n) is 4.70. The van der Waals surface area contributed by atoms with Crippen LogP contribution >= 0.6 is 23.4 Å². The van der Waals surface area contributed by atoms with Crippen molar-refractivity contribution in [3.8, 4) is 0 Å². The molecule has 0 aromatic carbocycles. The van der Waals surface area contributed by atoms with Crippen LogP contribution in [0.15, 0.2) is 12.3 Å². The Bertz CT molecular complexity index is 387. The second-order valence-electron chi connectivity index (χ2n) is 3.25. The molecule has 1 unspecified atom stereocenters. The Morgan fingerprint density at radius 1 is 1.75 bits per heavy atom. The zero-order chi connectivity index (χ0) is 12.1. The van der Waals surface area contributed by atoms with Crippen molar-refractivity contribution in [2.45, 2.75) is 12.2 Å². The van der Waals surface area contributed by atoms with Crippen molar-refractivity contribution < 1.29 is 9.90 Å². The molecule has 1 aromatic rings. The van der Waals surface area contributed by atoms with E-state index < -0.39 is 5.97 Å². The molecule has 1 aromatic heterocycles. The lowest BCUT2D eigenvalue weighted by Crippen LogP contribution is -2.14. The number of nitrogens with zero attached hydrogens (tertiary/aromatic N) is 1. The van der Waals surface area contributed by atoms with Gasteiger partial charge in [-0.1, -0.05) is 18.5 Å². The summed E-state index contributed by atoms with van der Waals surface area (Å²) in [5.74, 6) is -0.629. The predicted octanol–water partition coefficient (Wildman–Crippen LogP) is 2.60. The molecule has 88 valence electrons. The Morgan fingerprint density at radius 3 is 3.00 bits per heavy atom. The first kappa shape index (κ1) is 13.1. The van der Waals surface area contributed by atoms with Gasteiger partial charge in [0.2, 0.25) is 0 Å². The van der Waals surface area contributed by atoms with E-state index in [2.05, 4.69) is 17.2 Å². The molecule has 6 heteroatoms. The van der Waals surface area contributed by atoms with Crippen molar-refractivity contribution in [2.75, 3.05) is 18.1 Å². The van der Waals surface area contributed by atoms with Crippen LogP contribution in [0.2, 0.25) is 5.02 Å². The van der Waals surface area contributed by atoms with Crippen molar-refractivity contribution in [1.82, 2.24) is 4.98 Å². The van der Waals surface area contributed by atoms with Gasteiger partial charge in [-0.05, 0) is 12.3 Å². The second-order valence-corrected chi connectivity index (χ2v) is 4.91. The Hall–Kier alpha value is -0.940. The van der Waals surface area contributed by atoms with Gasteiger partial charge in [0.1, 0.15) is 5.82 Å². The molecule has 0 radical (unpaired) electrons. The van der Waals surface area contributed by atoms with Gasteiger partial charge in [0, 0.05) is 18.0 Å². The van der Waals surface area contributed by atoms with Crippen LogP contribution in [0.5, 0.6) is 0 Å². The van der Waals surface area contributed by atoms with Crippen molar-refractivity contribution in [3.05, 3.63) is 22.8 Å². The number of pyridine rings is 1. The van der Waals surface area contributed by atoms with Gasteiger partial charge in [0.25, 0.3) is 0 Å². The molecule has 0 bridgehead atoms. The summed E-state index contributed by atoms with van der Waals surface area (Å²) in [6.07, 6.45) is 3.44. The van der Waals surface area contributed by atoms with E-state index in [4.69, 9.17) is 16.7 Å². The van der Waals surface area contributed by atoms with E-state index in [0.29, 0.717) is 17.6 Å². The monoisotopic (exact) mass is 260 g/mol. The van der Waals surface area contributed by atoms with Gasteiger partial charge in [0.15, 0.2) is 0 Å². The van der Waals surface area contributed by atoms with E-state index in [0.717, 1.165) is 0 Å². The zero-order valence-electron chi connectivity index (χ0n) is 9.03. The highest BCUT2D eigenvalue weighted by atomic mass is 35.5. The molecule has 0 spiro atoms. The number of carboxylic acid groups (broad SMARTS) is 1. The highest BCUT2D eigenvalue weighted by molar-refractivity contribution is 7.99. The molecule has 0 amide bonds. The normalized spacial score (nSPS) is 12.2. The van der Waals surface area contributed by atoms with Gasteiger partial charge in [-0.15, -0.1) is 0 Å². The van der Waals surface area contributed by atoms with Crippen LogP contribution in [0.1, 0.15) is 17.3 Å². The van der Waals surface area contributed by atoms with Crippen LogP contribution in [-0.2, 0) is 0 Å². The van der Waals surface area contributed by atoms with Crippen LogP contribution in [0.4, 0.5) is 5.82 Å². The van der Waals surface area contributed by atoms with Gasteiger partial charge in [-0.25, -0.2) is 9.78 Å². The number of carboxylic acids is 1. The van der Waals surface area contributed by atoms with Crippen LogP contribution < -0.4 is 5.32 Å². The van der Waals surface area contributed by atoms with Crippen LogP contribution in [0.3, 0.4) is 0 Å². The summed E-state index contributed by atoms with van der Waals surface area (Å²) in [4.78, 5) is 14.8. The van der Waals surface area contributed by atoms with Gasteiger partial charge < -0.3 is 10.4 Å². The maximum absolute atomic E-state index is 10.8. The molecule has 0 saturated carbocycles. The van der Waals surface area contributed by atoms with Gasteiger partial charge in [-0.2, -0.15) is 11.8 Å². The van der Waals surface area contributed by atoms with Crippen LogP contribution in [0.25, 0.3) is 0 Å². The number of rotatable bonds is 5. The summed E-state index contributed by atoms with van der Waals surface area (Å²) in [5.41, 5.74) is 0.0657. The third-order valence-corrected chi connectivity index (χ3v) is 3.43. The van der Waals surface area contributed by atoms with Gasteiger partial charge in [-0.3, -0.25) is 0 Å². The number of halogens is 1. The fourth-order valence-electron chi connectivity index (χ4n) is 1.06. The smallest absolute Gasteiger partial charge is 0.337 e. The molecule has 0 aliphatic carbocycles. The first-order chi connectivity index (χ1) is 7.56. The highest BCUT2D eigenvalue weighted by Crippen LogP contribution is 2.23. The number of carbonyl (C=O) groups is 1. The Balaban J connectivity index is 2.81. The lowest BCUT2D eigenvalue weighted by atomic mass is 10.2. The predicted molar refractivity (Wildman–Crippen MR) is 67.7 cm³/mol. The van der Waals surface area contributed by atoms with E-state index in [9.17, 15) is 4.79 Å². The van der Waals surface area contributed by atoms with Crippen molar-refractivity contribution >= 4 is 35.1 Å². The molecule has 1 rings (SSSR count). The number of aromatic carboxylic acids is 1. The number of nitrogens with one attached hydrogen (secondary N) is 1. The molecule has 0 fully saturated rings. The number of hydrogen-bond acceptors (Lipinski definition) is 4. The number of aromatic nitrogens is 1. The average Bonchev–Trinajstić information content (AvgIpc) is 2.26. The summed E-state index contributed by atoms with van der Waals surface area (Å²) in [7, 11) is 0. The molecule has 1 atom stereocenters. The largest absolute Gasteiger partial charge is 0.478 e. The van der Waals surface area contributed by atoms with Crippen molar-refractivity contribution in [2.24, 2.45) is 0 Å². The molecular weight excluding hydrogens is 248 g/mol. The van der Waals surface area contributed by atoms with Gasteiger partial charge in [0.05, 0.1) is 10.6 Å². The highest BCUT2D eigenvalue weighted by Gasteiger charge is 2.13. The van der Waals surface area contributed by atoms with Crippen LogP contribution in [0, 0.1) is 0 Å². The molecule has 16 heavy (non-hydrogen) atoms. The second kappa shape index (κ2) is 5.96. The zero-order valence-corrected chi connectivity index (χ0v) is 10.6. The molecule has 0 saturated heterocycles. The molecule has 0 aliphatic rings. The minimum atomic E-state index is -1.05. The van der Waals surface area contributed by atoms with E-state index in [-0.39, 0.29) is 10.6 Å². The number of anilines is 1. The molecule has 4 nitrogen and oxygen atoms in total. The molecule has 1 heterocycles. The average molecular weight is 261 g/mol. The summed E-state index contributed by atoms with van der Waals surface area (Å²) >= 11 is 7.63. The molecular formula is C10H13ClN2O2S. The molecule has 2 N–H and O–H groups in total. The minimum Gasteiger partial charge on any atom is -0.478 e. The minimum absolute atomic E-state index is 0.0657. The van der Waals surface area contributed by atoms with Gasteiger partial charge >= 0.3 is 5.97 Å². The SMILES string of the molecule is CSC(C)CNc1nccc(C(=O)O)c1Cl. The Kier molecular flexibility index (Phi) is 4.89. The fraction of sp³-hybridized carbons (Fsp3) is 0.400. The fourth-order valence-corrected chi connectivity index (χ4v) is 1.57. The lowest BCUT2D eigenvalue weighted by Gasteiger charge is -2.12. The Labute approximate surface area is 103 Å². The standard InChI is InChI=1S/C10H13ClN2O2S/c1-6(16-2)5-13-9-8(11)7(10(14)15)3-4-12-9/h3-4,6H,5H2,1-2H3,(H,12,13)(H,14,15). The summed E-state index contributed by atoms with van der Waals surface area (Å²) in [5, 5.41) is 12.5. The maximum atomic E-state index is 10.8. The van der Waals surface area contributed by atoms with E-state index >= 15 is 0 Å².